The Balaban J connectivity index is 1.81. The Morgan fingerprint density at radius 2 is 1.95 bits per heavy atom. The first-order chi connectivity index (χ1) is 10.3. The zero-order valence-electron chi connectivity index (χ0n) is 12.6. The second kappa shape index (κ2) is 6.26. The highest BCUT2D eigenvalue weighted by Crippen LogP contribution is 2.35. The SMILES string of the molecule is COCc1nc(C2CCC2)n(Cc2ccc(OC)cc2)n1. The zero-order valence-corrected chi connectivity index (χ0v) is 12.6. The van der Waals surface area contributed by atoms with Gasteiger partial charge in [0.1, 0.15) is 18.2 Å². The van der Waals surface area contributed by atoms with Gasteiger partial charge in [-0.15, -0.1) is 0 Å². The predicted octanol–water partition coefficient (Wildman–Crippen LogP) is 2.75. The van der Waals surface area contributed by atoms with Crippen LogP contribution in [0.1, 0.15) is 42.4 Å². The van der Waals surface area contributed by atoms with Gasteiger partial charge in [0.05, 0.1) is 13.7 Å². The molecule has 0 amide bonds. The van der Waals surface area contributed by atoms with Gasteiger partial charge in [-0.05, 0) is 30.5 Å². The Kier molecular flexibility index (Phi) is 4.20. The molecule has 3 rings (SSSR count). The third-order valence-corrected chi connectivity index (χ3v) is 3.98. The molecule has 1 aromatic carbocycles. The van der Waals surface area contributed by atoms with Gasteiger partial charge in [-0.25, -0.2) is 9.67 Å². The van der Waals surface area contributed by atoms with E-state index in [0.717, 1.165) is 23.9 Å². The molecule has 0 saturated heterocycles. The van der Waals surface area contributed by atoms with Crippen LogP contribution in [0.2, 0.25) is 0 Å². The van der Waals surface area contributed by atoms with Crippen molar-refractivity contribution in [3.05, 3.63) is 41.5 Å². The highest BCUT2D eigenvalue weighted by atomic mass is 16.5. The number of ether oxygens (including phenoxy) is 2. The first-order valence-corrected chi connectivity index (χ1v) is 7.35. The van der Waals surface area contributed by atoms with Crippen LogP contribution in [0, 0.1) is 0 Å². The smallest absolute Gasteiger partial charge is 0.176 e. The number of rotatable bonds is 6. The monoisotopic (exact) mass is 287 g/mol. The topological polar surface area (TPSA) is 49.2 Å². The molecule has 0 radical (unpaired) electrons. The molecule has 21 heavy (non-hydrogen) atoms. The second-order valence-electron chi connectivity index (χ2n) is 5.45. The van der Waals surface area contributed by atoms with Gasteiger partial charge in [0, 0.05) is 13.0 Å². The van der Waals surface area contributed by atoms with E-state index in [0.29, 0.717) is 12.5 Å². The van der Waals surface area contributed by atoms with Gasteiger partial charge >= 0.3 is 0 Å². The summed E-state index contributed by atoms with van der Waals surface area (Å²) in [5.41, 5.74) is 1.20. The second-order valence-corrected chi connectivity index (χ2v) is 5.45. The van der Waals surface area contributed by atoms with Crippen molar-refractivity contribution in [1.29, 1.82) is 0 Å². The summed E-state index contributed by atoms with van der Waals surface area (Å²) in [5, 5.41) is 4.59. The summed E-state index contributed by atoms with van der Waals surface area (Å²) in [6.07, 6.45) is 3.72. The van der Waals surface area contributed by atoms with Crippen molar-refractivity contribution in [2.75, 3.05) is 14.2 Å². The van der Waals surface area contributed by atoms with E-state index in [2.05, 4.69) is 22.2 Å². The molecule has 1 aliphatic rings. The fourth-order valence-electron chi connectivity index (χ4n) is 2.58. The Bertz CT molecular complexity index is 588. The molecule has 5 heteroatoms. The summed E-state index contributed by atoms with van der Waals surface area (Å²) in [6, 6.07) is 8.10. The summed E-state index contributed by atoms with van der Waals surface area (Å²) in [5.74, 6) is 3.30. The fourth-order valence-corrected chi connectivity index (χ4v) is 2.58. The molecule has 0 aliphatic heterocycles. The molecule has 0 N–H and O–H groups in total. The lowest BCUT2D eigenvalue weighted by molar-refractivity contribution is 0.177. The molecule has 1 aromatic heterocycles. The first-order valence-electron chi connectivity index (χ1n) is 7.35. The number of methoxy groups -OCH3 is 2. The van der Waals surface area contributed by atoms with Gasteiger partial charge in [0.25, 0.3) is 0 Å². The molecule has 1 fully saturated rings. The normalized spacial score (nSPS) is 15.0. The molecular formula is C16H21N3O2. The zero-order chi connectivity index (χ0) is 14.7. The maximum atomic E-state index is 5.19. The van der Waals surface area contributed by atoms with E-state index in [1.54, 1.807) is 14.2 Å². The maximum absolute atomic E-state index is 5.19. The van der Waals surface area contributed by atoms with Crippen LogP contribution < -0.4 is 4.74 Å². The van der Waals surface area contributed by atoms with E-state index < -0.39 is 0 Å². The van der Waals surface area contributed by atoms with Crippen molar-refractivity contribution in [2.24, 2.45) is 0 Å². The quantitative estimate of drug-likeness (QED) is 0.819. The molecule has 0 spiro atoms. The van der Waals surface area contributed by atoms with E-state index >= 15 is 0 Å². The van der Waals surface area contributed by atoms with Crippen LogP contribution in [-0.4, -0.2) is 29.0 Å². The minimum absolute atomic E-state index is 0.468. The maximum Gasteiger partial charge on any atom is 0.176 e. The first kappa shape index (κ1) is 14.1. The Hall–Kier alpha value is -1.88. The molecule has 1 saturated carbocycles. The van der Waals surface area contributed by atoms with Crippen LogP contribution in [0.3, 0.4) is 0 Å². The van der Waals surface area contributed by atoms with Gasteiger partial charge in [-0.3, -0.25) is 0 Å². The molecule has 1 aliphatic carbocycles. The van der Waals surface area contributed by atoms with E-state index in [1.165, 1.54) is 24.8 Å². The summed E-state index contributed by atoms with van der Waals surface area (Å²) >= 11 is 0. The predicted molar refractivity (Wildman–Crippen MR) is 79.4 cm³/mol. The fraction of sp³-hybridized carbons (Fsp3) is 0.500. The molecule has 112 valence electrons. The molecule has 1 heterocycles. The number of benzene rings is 1. The van der Waals surface area contributed by atoms with Crippen molar-refractivity contribution >= 4 is 0 Å². The summed E-state index contributed by atoms with van der Waals surface area (Å²) in [6.45, 7) is 1.21. The minimum Gasteiger partial charge on any atom is -0.497 e. The van der Waals surface area contributed by atoms with Gasteiger partial charge in [0.2, 0.25) is 0 Å². The van der Waals surface area contributed by atoms with Crippen LogP contribution in [0.25, 0.3) is 0 Å². The third-order valence-electron chi connectivity index (χ3n) is 3.98. The average molecular weight is 287 g/mol. The van der Waals surface area contributed by atoms with Crippen molar-refractivity contribution in [3.8, 4) is 5.75 Å². The van der Waals surface area contributed by atoms with Crippen molar-refractivity contribution in [2.45, 2.75) is 38.3 Å². The van der Waals surface area contributed by atoms with E-state index in [9.17, 15) is 0 Å². The van der Waals surface area contributed by atoms with Gasteiger partial charge in [-0.1, -0.05) is 18.6 Å². The van der Waals surface area contributed by atoms with Gasteiger partial charge in [0.15, 0.2) is 5.82 Å². The van der Waals surface area contributed by atoms with Crippen LogP contribution in [0.5, 0.6) is 5.75 Å². The number of aromatic nitrogens is 3. The lowest BCUT2D eigenvalue weighted by atomic mass is 9.85. The summed E-state index contributed by atoms with van der Waals surface area (Å²) in [7, 11) is 3.35. The molecule has 0 atom stereocenters. The van der Waals surface area contributed by atoms with Crippen LogP contribution in [0.15, 0.2) is 24.3 Å². The summed E-state index contributed by atoms with van der Waals surface area (Å²) < 4.78 is 12.4. The third kappa shape index (κ3) is 3.08. The average Bonchev–Trinajstić information content (AvgIpc) is 2.81. The van der Waals surface area contributed by atoms with Crippen molar-refractivity contribution in [3.63, 3.8) is 0 Å². The van der Waals surface area contributed by atoms with Crippen LogP contribution >= 0.6 is 0 Å². The van der Waals surface area contributed by atoms with Crippen molar-refractivity contribution in [1.82, 2.24) is 14.8 Å². The van der Waals surface area contributed by atoms with Crippen LogP contribution in [-0.2, 0) is 17.9 Å². The molecule has 0 unspecified atom stereocenters. The highest BCUT2D eigenvalue weighted by molar-refractivity contribution is 5.27. The number of hydrogen-bond donors (Lipinski definition) is 0. The Morgan fingerprint density at radius 1 is 1.19 bits per heavy atom. The molecular weight excluding hydrogens is 266 g/mol. The van der Waals surface area contributed by atoms with E-state index in [1.807, 2.05) is 16.8 Å². The van der Waals surface area contributed by atoms with E-state index in [4.69, 9.17) is 9.47 Å². The molecule has 0 bridgehead atoms. The number of hydrogen-bond acceptors (Lipinski definition) is 4. The summed E-state index contributed by atoms with van der Waals surface area (Å²) in [4.78, 5) is 4.65. The van der Waals surface area contributed by atoms with Crippen molar-refractivity contribution < 1.29 is 9.47 Å². The Labute approximate surface area is 124 Å². The molecule has 5 nitrogen and oxygen atoms in total. The molecule has 2 aromatic rings. The lowest BCUT2D eigenvalue weighted by Crippen LogP contribution is -2.16. The highest BCUT2D eigenvalue weighted by Gasteiger charge is 2.25. The standard InChI is InChI=1S/C16H21N3O2/c1-20-11-15-17-16(13-4-3-5-13)19(18-15)10-12-6-8-14(21-2)9-7-12/h6-9,13H,3-5,10-11H2,1-2H3. The number of nitrogens with zero attached hydrogens (tertiary/aromatic N) is 3. The van der Waals surface area contributed by atoms with Gasteiger partial charge < -0.3 is 9.47 Å². The van der Waals surface area contributed by atoms with Gasteiger partial charge in [-0.2, -0.15) is 5.10 Å². The minimum atomic E-state index is 0.468. The largest absolute Gasteiger partial charge is 0.497 e. The lowest BCUT2D eigenvalue weighted by Gasteiger charge is -2.24. The van der Waals surface area contributed by atoms with Crippen LogP contribution in [0.4, 0.5) is 0 Å². The Morgan fingerprint density at radius 3 is 2.52 bits per heavy atom. The van der Waals surface area contributed by atoms with E-state index in [-0.39, 0.29) is 0 Å².